The van der Waals surface area contributed by atoms with Gasteiger partial charge in [0.25, 0.3) is 0 Å². The van der Waals surface area contributed by atoms with Gasteiger partial charge in [-0.15, -0.1) is 0 Å². The third-order valence-electron chi connectivity index (χ3n) is 4.04. The number of hydrogen-bond donors (Lipinski definition) is 0. The Labute approximate surface area is 132 Å². The quantitative estimate of drug-likeness (QED) is 0.756. The van der Waals surface area contributed by atoms with Crippen molar-refractivity contribution >= 4 is 17.3 Å². The minimum atomic E-state index is 0.118. The van der Waals surface area contributed by atoms with Gasteiger partial charge in [0.05, 0.1) is 37.6 Å². The van der Waals surface area contributed by atoms with Crippen LogP contribution in [0.3, 0.4) is 0 Å². The number of ether oxygens (including phenoxy) is 2. The van der Waals surface area contributed by atoms with E-state index in [1.807, 2.05) is 23.1 Å². The van der Waals surface area contributed by atoms with E-state index in [9.17, 15) is 4.79 Å². The molecule has 5 nitrogen and oxygen atoms in total. The average molecular weight is 306 g/mol. The first-order chi connectivity index (χ1) is 10.6. The number of methoxy groups -OCH3 is 1. The van der Waals surface area contributed by atoms with Crippen molar-refractivity contribution in [3.05, 3.63) is 24.3 Å². The zero-order valence-electron chi connectivity index (χ0n) is 13.7. The van der Waals surface area contributed by atoms with Crippen molar-refractivity contribution in [2.24, 2.45) is 0 Å². The van der Waals surface area contributed by atoms with Gasteiger partial charge in [0.15, 0.2) is 0 Å². The maximum Gasteiger partial charge on any atom is 0.229 e. The van der Waals surface area contributed by atoms with E-state index in [2.05, 4.69) is 24.9 Å². The molecule has 1 aromatic rings. The minimum absolute atomic E-state index is 0.118. The SMILES string of the molecule is COCCOCCC(=O)N1c2ccccc2N(C)CCC1C. The molecule has 22 heavy (non-hydrogen) atoms. The summed E-state index contributed by atoms with van der Waals surface area (Å²) in [4.78, 5) is 16.8. The molecule has 0 radical (unpaired) electrons. The molecule has 1 aliphatic heterocycles. The first-order valence-electron chi connectivity index (χ1n) is 7.84. The van der Waals surface area contributed by atoms with Crippen LogP contribution in [0.5, 0.6) is 0 Å². The molecule has 5 heteroatoms. The highest BCUT2D eigenvalue weighted by Crippen LogP contribution is 2.33. The molecule has 0 spiro atoms. The number of carbonyl (C=O) groups excluding carboxylic acids is 1. The topological polar surface area (TPSA) is 42.0 Å². The Morgan fingerprint density at radius 3 is 2.68 bits per heavy atom. The highest BCUT2D eigenvalue weighted by atomic mass is 16.5. The first kappa shape index (κ1) is 16.8. The summed E-state index contributed by atoms with van der Waals surface area (Å²) in [5.41, 5.74) is 2.11. The van der Waals surface area contributed by atoms with Crippen molar-refractivity contribution in [3.8, 4) is 0 Å². The van der Waals surface area contributed by atoms with Gasteiger partial charge in [0.2, 0.25) is 5.91 Å². The van der Waals surface area contributed by atoms with Gasteiger partial charge in [-0.1, -0.05) is 12.1 Å². The first-order valence-corrected chi connectivity index (χ1v) is 7.84. The minimum Gasteiger partial charge on any atom is -0.382 e. The summed E-state index contributed by atoms with van der Waals surface area (Å²) >= 11 is 0. The van der Waals surface area contributed by atoms with Crippen molar-refractivity contribution < 1.29 is 14.3 Å². The highest BCUT2D eigenvalue weighted by molar-refractivity contribution is 5.97. The number of carbonyl (C=O) groups is 1. The summed E-state index contributed by atoms with van der Waals surface area (Å²) in [6.45, 7) is 4.58. The fraction of sp³-hybridized carbons (Fsp3) is 0.588. The molecule has 1 unspecified atom stereocenters. The molecule has 0 aliphatic carbocycles. The molecule has 1 atom stereocenters. The summed E-state index contributed by atoms with van der Waals surface area (Å²) in [5.74, 6) is 0.118. The van der Waals surface area contributed by atoms with Crippen LogP contribution in [0.1, 0.15) is 19.8 Å². The molecule has 1 heterocycles. The van der Waals surface area contributed by atoms with Gasteiger partial charge in [-0.05, 0) is 25.5 Å². The Morgan fingerprint density at radius 2 is 1.95 bits per heavy atom. The van der Waals surface area contributed by atoms with Gasteiger partial charge in [0.1, 0.15) is 0 Å². The van der Waals surface area contributed by atoms with E-state index in [1.54, 1.807) is 7.11 Å². The smallest absolute Gasteiger partial charge is 0.229 e. The van der Waals surface area contributed by atoms with Gasteiger partial charge in [0, 0.05) is 26.7 Å². The largest absolute Gasteiger partial charge is 0.382 e. The molecule has 0 saturated carbocycles. The Kier molecular flexibility index (Phi) is 6.21. The molecule has 122 valence electrons. The number of hydrogen-bond acceptors (Lipinski definition) is 4. The fourth-order valence-corrected chi connectivity index (χ4v) is 2.76. The molecule has 1 amide bonds. The summed E-state index contributed by atoms with van der Waals surface area (Å²) in [6, 6.07) is 8.29. The standard InChI is InChI=1S/C17H26N2O3/c1-14-8-10-18(2)15-6-4-5-7-16(15)19(14)17(20)9-11-22-13-12-21-3/h4-7,14H,8-13H2,1-3H3. The van der Waals surface area contributed by atoms with Gasteiger partial charge in [-0.3, -0.25) is 4.79 Å². The van der Waals surface area contributed by atoms with Crippen LogP contribution < -0.4 is 9.80 Å². The van der Waals surface area contributed by atoms with Crippen LogP contribution in [-0.4, -0.2) is 52.5 Å². The highest BCUT2D eigenvalue weighted by Gasteiger charge is 2.27. The summed E-state index contributed by atoms with van der Waals surface area (Å²) in [7, 11) is 3.72. The third-order valence-corrected chi connectivity index (χ3v) is 4.04. The van der Waals surface area contributed by atoms with Crippen LogP contribution in [0.15, 0.2) is 24.3 Å². The Bertz CT molecular complexity index is 493. The summed E-state index contributed by atoms with van der Waals surface area (Å²) < 4.78 is 10.4. The van der Waals surface area contributed by atoms with Crippen molar-refractivity contribution in [2.75, 3.05) is 50.3 Å². The number of para-hydroxylation sites is 2. The normalized spacial score (nSPS) is 18.0. The second kappa shape index (κ2) is 8.15. The number of nitrogens with zero attached hydrogens (tertiary/aromatic N) is 2. The van der Waals surface area contributed by atoms with Gasteiger partial charge >= 0.3 is 0 Å². The van der Waals surface area contributed by atoms with Crippen LogP contribution in [0, 0.1) is 0 Å². The van der Waals surface area contributed by atoms with E-state index < -0.39 is 0 Å². The second-order valence-electron chi connectivity index (χ2n) is 5.67. The summed E-state index contributed by atoms with van der Waals surface area (Å²) in [6.07, 6.45) is 1.35. The fourth-order valence-electron chi connectivity index (χ4n) is 2.76. The Morgan fingerprint density at radius 1 is 1.23 bits per heavy atom. The lowest BCUT2D eigenvalue weighted by Gasteiger charge is -2.28. The van der Waals surface area contributed by atoms with Crippen LogP contribution in [0.25, 0.3) is 0 Å². The van der Waals surface area contributed by atoms with Crippen LogP contribution in [0.2, 0.25) is 0 Å². The molecule has 0 bridgehead atoms. The van der Waals surface area contributed by atoms with Crippen LogP contribution in [-0.2, 0) is 14.3 Å². The number of amides is 1. The lowest BCUT2D eigenvalue weighted by molar-refractivity contribution is -0.120. The van der Waals surface area contributed by atoms with Crippen molar-refractivity contribution in [1.82, 2.24) is 0 Å². The van der Waals surface area contributed by atoms with Crippen LogP contribution >= 0.6 is 0 Å². The van der Waals surface area contributed by atoms with Gasteiger partial charge in [-0.25, -0.2) is 0 Å². The molecular weight excluding hydrogens is 280 g/mol. The molecule has 2 rings (SSSR count). The molecule has 0 fully saturated rings. The number of rotatable bonds is 6. The van der Waals surface area contributed by atoms with E-state index in [-0.39, 0.29) is 11.9 Å². The average Bonchev–Trinajstić information content (AvgIpc) is 2.65. The van der Waals surface area contributed by atoms with E-state index >= 15 is 0 Å². The second-order valence-corrected chi connectivity index (χ2v) is 5.67. The summed E-state index contributed by atoms with van der Waals surface area (Å²) in [5, 5.41) is 0. The molecule has 0 aromatic heterocycles. The lowest BCUT2D eigenvalue weighted by Crippen LogP contribution is -2.39. The number of benzene rings is 1. The van der Waals surface area contributed by atoms with Gasteiger partial charge in [-0.2, -0.15) is 0 Å². The van der Waals surface area contributed by atoms with Crippen molar-refractivity contribution in [2.45, 2.75) is 25.8 Å². The van der Waals surface area contributed by atoms with E-state index in [0.29, 0.717) is 26.2 Å². The van der Waals surface area contributed by atoms with Crippen molar-refractivity contribution in [1.29, 1.82) is 0 Å². The van der Waals surface area contributed by atoms with E-state index in [4.69, 9.17) is 9.47 Å². The lowest BCUT2D eigenvalue weighted by atomic mass is 10.1. The maximum absolute atomic E-state index is 12.7. The molecule has 1 aromatic carbocycles. The monoisotopic (exact) mass is 306 g/mol. The van der Waals surface area contributed by atoms with Gasteiger partial charge < -0.3 is 19.3 Å². The Hall–Kier alpha value is -1.59. The van der Waals surface area contributed by atoms with E-state index in [1.165, 1.54) is 0 Å². The number of anilines is 2. The van der Waals surface area contributed by atoms with Crippen LogP contribution in [0.4, 0.5) is 11.4 Å². The zero-order valence-corrected chi connectivity index (χ0v) is 13.7. The van der Waals surface area contributed by atoms with Crippen molar-refractivity contribution in [3.63, 3.8) is 0 Å². The number of fused-ring (bicyclic) bond motifs is 1. The molecule has 1 aliphatic rings. The molecule has 0 N–H and O–H groups in total. The third kappa shape index (κ3) is 3.99. The Balaban J connectivity index is 2.07. The molecular formula is C17H26N2O3. The van der Waals surface area contributed by atoms with E-state index in [0.717, 1.165) is 24.3 Å². The zero-order chi connectivity index (χ0) is 15.9. The predicted octanol–water partition coefficient (Wildman–Crippen LogP) is 2.30. The maximum atomic E-state index is 12.7. The predicted molar refractivity (Wildman–Crippen MR) is 88.6 cm³/mol. The molecule has 0 saturated heterocycles.